The molecule has 0 spiro atoms. The molecule has 6 heteroatoms. The molecule has 0 saturated heterocycles. The van der Waals surface area contributed by atoms with Crippen LogP contribution in [0.4, 0.5) is 0 Å². The van der Waals surface area contributed by atoms with Crippen LogP contribution in [-0.2, 0) is 0 Å². The zero-order valence-electron chi connectivity index (χ0n) is 13.5. The number of Topliss-reactive ketones (excluding diaryl/α,β-unsaturated/α-hetero) is 1. The van der Waals surface area contributed by atoms with Crippen molar-refractivity contribution < 1.29 is 14.3 Å². The standard InChI is InChI=1S/C18H17Cl2NO3/c1-21(2)11-17(24-14-7-4-12(19)5-8-14)18(22)15-10-13(20)6-9-16(15)23-3/h4-11H,1-3H3/b17-11-. The Kier molecular flexibility index (Phi) is 6.12. The lowest BCUT2D eigenvalue weighted by Crippen LogP contribution is -2.15. The lowest BCUT2D eigenvalue weighted by atomic mass is 10.1. The van der Waals surface area contributed by atoms with Gasteiger partial charge in [-0.3, -0.25) is 4.79 Å². The number of methoxy groups -OCH3 is 1. The van der Waals surface area contributed by atoms with Gasteiger partial charge in [0.1, 0.15) is 11.5 Å². The van der Waals surface area contributed by atoms with Gasteiger partial charge in [-0.15, -0.1) is 0 Å². The van der Waals surface area contributed by atoms with Gasteiger partial charge in [-0.05, 0) is 42.5 Å². The maximum atomic E-state index is 12.9. The molecule has 0 aliphatic rings. The summed E-state index contributed by atoms with van der Waals surface area (Å²) in [6.45, 7) is 0. The van der Waals surface area contributed by atoms with E-state index in [2.05, 4.69) is 0 Å². The maximum absolute atomic E-state index is 12.9. The monoisotopic (exact) mass is 365 g/mol. The van der Waals surface area contributed by atoms with Crippen molar-refractivity contribution in [2.75, 3.05) is 21.2 Å². The Bertz CT molecular complexity index is 755. The third kappa shape index (κ3) is 4.66. The van der Waals surface area contributed by atoms with Crippen LogP contribution in [0.15, 0.2) is 54.4 Å². The number of benzene rings is 2. The molecule has 0 unspecified atom stereocenters. The molecule has 0 atom stereocenters. The van der Waals surface area contributed by atoms with Crippen molar-refractivity contribution in [2.24, 2.45) is 0 Å². The molecule has 0 aliphatic heterocycles. The zero-order chi connectivity index (χ0) is 17.7. The fourth-order valence-corrected chi connectivity index (χ4v) is 2.28. The average molecular weight is 366 g/mol. The summed E-state index contributed by atoms with van der Waals surface area (Å²) in [4.78, 5) is 14.6. The van der Waals surface area contributed by atoms with Gasteiger partial charge >= 0.3 is 0 Å². The van der Waals surface area contributed by atoms with Gasteiger partial charge in [0, 0.05) is 30.3 Å². The highest BCUT2D eigenvalue weighted by Gasteiger charge is 2.20. The first kappa shape index (κ1) is 18.2. The third-order valence-corrected chi connectivity index (χ3v) is 3.53. The van der Waals surface area contributed by atoms with Crippen molar-refractivity contribution in [3.63, 3.8) is 0 Å². The van der Waals surface area contributed by atoms with E-state index in [9.17, 15) is 4.79 Å². The third-order valence-electron chi connectivity index (χ3n) is 3.05. The van der Waals surface area contributed by atoms with Gasteiger partial charge in [0.05, 0.1) is 12.7 Å². The fourth-order valence-electron chi connectivity index (χ4n) is 1.99. The van der Waals surface area contributed by atoms with E-state index in [1.807, 2.05) is 0 Å². The molecule has 2 rings (SSSR count). The predicted octanol–water partition coefficient (Wildman–Crippen LogP) is 4.67. The van der Waals surface area contributed by atoms with Crippen LogP contribution in [0.3, 0.4) is 0 Å². The highest BCUT2D eigenvalue weighted by Crippen LogP contribution is 2.27. The molecule has 0 fully saturated rings. The molecular weight excluding hydrogens is 349 g/mol. The van der Waals surface area contributed by atoms with Gasteiger partial charge < -0.3 is 14.4 Å². The SMILES string of the molecule is COc1ccc(Cl)cc1C(=O)/C(=C/N(C)C)Oc1ccc(Cl)cc1. The topological polar surface area (TPSA) is 38.8 Å². The lowest BCUT2D eigenvalue weighted by Gasteiger charge is -2.14. The summed E-state index contributed by atoms with van der Waals surface area (Å²) in [6, 6.07) is 11.6. The van der Waals surface area contributed by atoms with Crippen molar-refractivity contribution in [1.82, 2.24) is 4.90 Å². The van der Waals surface area contributed by atoms with Crippen LogP contribution >= 0.6 is 23.2 Å². The molecule has 0 aromatic heterocycles. The van der Waals surface area contributed by atoms with E-state index in [1.54, 1.807) is 67.7 Å². The molecule has 0 radical (unpaired) electrons. The Morgan fingerprint density at radius 1 is 1.04 bits per heavy atom. The number of allylic oxidation sites excluding steroid dienone is 1. The highest BCUT2D eigenvalue weighted by atomic mass is 35.5. The molecule has 0 saturated carbocycles. The molecule has 0 bridgehead atoms. The van der Waals surface area contributed by atoms with Crippen LogP contribution in [0.1, 0.15) is 10.4 Å². The number of carbonyl (C=O) groups is 1. The van der Waals surface area contributed by atoms with Gasteiger partial charge in [-0.1, -0.05) is 23.2 Å². The molecule has 4 nitrogen and oxygen atoms in total. The molecule has 126 valence electrons. The molecular formula is C18H17Cl2NO3. The van der Waals surface area contributed by atoms with E-state index in [-0.39, 0.29) is 11.5 Å². The summed E-state index contributed by atoms with van der Waals surface area (Å²) in [6.07, 6.45) is 1.59. The van der Waals surface area contributed by atoms with E-state index in [0.29, 0.717) is 27.1 Å². The average Bonchev–Trinajstić information content (AvgIpc) is 2.55. The van der Waals surface area contributed by atoms with Crippen molar-refractivity contribution >= 4 is 29.0 Å². The second kappa shape index (κ2) is 8.08. The Balaban J connectivity index is 2.39. The van der Waals surface area contributed by atoms with Gasteiger partial charge in [-0.2, -0.15) is 0 Å². The number of hydrogen-bond acceptors (Lipinski definition) is 4. The number of ether oxygens (including phenoxy) is 2. The second-order valence-corrected chi connectivity index (χ2v) is 6.06. The van der Waals surface area contributed by atoms with Crippen molar-refractivity contribution in [3.8, 4) is 11.5 Å². The fraction of sp³-hybridized carbons (Fsp3) is 0.167. The predicted molar refractivity (Wildman–Crippen MR) is 96.2 cm³/mol. The van der Waals surface area contributed by atoms with Gasteiger partial charge in [0.15, 0.2) is 5.76 Å². The molecule has 0 amide bonds. The summed E-state index contributed by atoms with van der Waals surface area (Å²) in [7, 11) is 5.09. The zero-order valence-corrected chi connectivity index (χ0v) is 15.1. The van der Waals surface area contributed by atoms with Crippen molar-refractivity contribution in [3.05, 3.63) is 70.0 Å². The molecule has 2 aromatic rings. The molecule has 2 aromatic carbocycles. The van der Waals surface area contributed by atoms with Crippen LogP contribution in [0.25, 0.3) is 0 Å². The Hall–Kier alpha value is -2.17. The van der Waals surface area contributed by atoms with Crippen LogP contribution in [0.2, 0.25) is 10.0 Å². The number of carbonyl (C=O) groups excluding carboxylic acids is 1. The smallest absolute Gasteiger partial charge is 0.233 e. The van der Waals surface area contributed by atoms with Crippen LogP contribution in [-0.4, -0.2) is 31.9 Å². The van der Waals surface area contributed by atoms with Crippen LogP contribution in [0.5, 0.6) is 11.5 Å². The van der Waals surface area contributed by atoms with E-state index in [4.69, 9.17) is 32.7 Å². The summed E-state index contributed by atoms with van der Waals surface area (Å²) in [5.41, 5.74) is 0.326. The first-order valence-corrected chi connectivity index (χ1v) is 7.86. The summed E-state index contributed by atoms with van der Waals surface area (Å²) in [5, 5.41) is 1.03. The highest BCUT2D eigenvalue weighted by molar-refractivity contribution is 6.31. The first-order chi connectivity index (χ1) is 11.4. The normalized spacial score (nSPS) is 11.1. The van der Waals surface area contributed by atoms with Crippen LogP contribution < -0.4 is 9.47 Å². The van der Waals surface area contributed by atoms with E-state index < -0.39 is 0 Å². The van der Waals surface area contributed by atoms with E-state index in [0.717, 1.165) is 0 Å². The van der Waals surface area contributed by atoms with Gasteiger partial charge in [0.2, 0.25) is 5.78 Å². The van der Waals surface area contributed by atoms with E-state index >= 15 is 0 Å². The minimum absolute atomic E-state index is 0.142. The Morgan fingerprint density at radius 2 is 1.67 bits per heavy atom. The largest absolute Gasteiger partial charge is 0.496 e. The molecule has 0 aliphatic carbocycles. The quantitative estimate of drug-likeness (QED) is 0.423. The maximum Gasteiger partial charge on any atom is 0.233 e. The number of ketones is 1. The number of rotatable bonds is 6. The summed E-state index contributed by atoms with van der Waals surface area (Å²) in [5.74, 6) is 0.733. The van der Waals surface area contributed by atoms with Crippen molar-refractivity contribution in [1.29, 1.82) is 0 Å². The number of halogens is 2. The minimum Gasteiger partial charge on any atom is -0.496 e. The van der Waals surface area contributed by atoms with Crippen molar-refractivity contribution in [2.45, 2.75) is 0 Å². The lowest BCUT2D eigenvalue weighted by molar-refractivity contribution is 0.0979. The molecule has 24 heavy (non-hydrogen) atoms. The van der Waals surface area contributed by atoms with Gasteiger partial charge in [0.25, 0.3) is 0 Å². The molecule has 0 N–H and O–H groups in total. The van der Waals surface area contributed by atoms with Crippen LogP contribution in [0, 0.1) is 0 Å². The van der Waals surface area contributed by atoms with Gasteiger partial charge in [-0.25, -0.2) is 0 Å². The first-order valence-electron chi connectivity index (χ1n) is 7.10. The summed E-state index contributed by atoms with van der Waals surface area (Å²) >= 11 is 11.9. The summed E-state index contributed by atoms with van der Waals surface area (Å²) < 4.78 is 11.0. The molecule has 0 heterocycles. The Morgan fingerprint density at radius 3 is 2.25 bits per heavy atom. The van der Waals surface area contributed by atoms with E-state index in [1.165, 1.54) is 7.11 Å². The Labute approximate surface area is 151 Å². The number of nitrogens with zero attached hydrogens (tertiary/aromatic N) is 1. The minimum atomic E-state index is -0.335. The number of hydrogen-bond donors (Lipinski definition) is 0. The second-order valence-electron chi connectivity index (χ2n) is 5.19.